The van der Waals surface area contributed by atoms with E-state index in [0.29, 0.717) is 13.2 Å². The summed E-state index contributed by atoms with van der Waals surface area (Å²) in [6.07, 6.45) is 1.70. The van der Waals surface area contributed by atoms with Crippen molar-refractivity contribution in [2.24, 2.45) is 5.92 Å². The van der Waals surface area contributed by atoms with Crippen molar-refractivity contribution in [2.75, 3.05) is 13.2 Å². The smallest absolute Gasteiger partial charge is 0.161 e. The summed E-state index contributed by atoms with van der Waals surface area (Å²) in [5, 5.41) is 0. The molecule has 0 amide bonds. The van der Waals surface area contributed by atoms with Gasteiger partial charge in [-0.15, -0.1) is 0 Å². The minimum Gasteiger partial charge on any atom is -0.490 e. The van der Waals surface area contributed by atoms with Crippen molar-refractivity contribution < 1.29 is 14.3 Å². The van der Waals surface area contributed by atoms with E-state index in [2.05, 4.69) is 0 Å². The van der Waals surface area contributed by atoms with Crippen LogP contribution in [-0.4, -0.2) is 19.5 Å². The molecule has 0 N–H and O–H groups in total. The summed E-state index contributed by atoms with van der Waals surface area (Å²) in [4.78, 5) is 10.6. The fourth-order valence-electron chi connectivity index (χ4n) is 1.64. The highest BCUT2D eigenvalue weighted by atomic mass is 16.5. The molecule has 0 bridgehead atoms. The van der Waals surface area contributed by atoms with Crippen LogP contribution >= 0.6 is 0 Å². The zero-order chi connectivity index (χ0) is 12.7. The van der Waals surface area contributed by atoms with Crippen molar-refractivity contribution in [2.45, 2.75) is 27.2 Å². The summed E-state index contributed by atoms with van der Waals surface area (Å²) in [6.45, 7) is 7.01. The van der Waals surface area contributed by atoms with Gasteiger partial charge >= 0.3 is 0 Å². The van der Waals surface area contributed by atoms with Crippen LogP contribution in [0, 0.1) is 5.92 Å². The van der Waals surface area contributed by atoms with Gasteiger partial charge in [0.1, 0.15) is 6.29 Å². The molecule has 1 rings (SSSR count). The molecule has 0 heterocycles. The first-order valence-electron chi connectivity index (χ1n) is 6.05. The zero-order valence-electron chi connectivity index (χ0n) is 10.7. The first kappa shape index (κ1) is 13.6. The molecule has 3 heteroatoms. The Morgan fingerprint density at radius 1 is 1.18 bits per heavy atom. The van der Waals surface area contributed by atoms with Crippen LogP contribution in [0.4, 0.5) is 0 Å². The molecule has 1 aromatic carbocycles. The van der Waals surface area contributed by atoms with Crippen molar-refractivity contribution >= 4 is 6.29 Å². The second-order valence-electron chi connectivity index (χ2n) is 3.96. The van der Waals surface area contributed by atoms with Gasteiger partial charge in [0.05, 0.1) is 13.2 Å². The number of benzene rings is 1. The van der Waals surface area contributed by atoms with E-state index in [-0.39, 0.29) is 5.92 Å². The van der Waals surface area contributed by atoms with E-state index in [1.807, 2.05) is 39.0 Å². The molecule has 0 radical (unpaired) electrons. The Labute approximate surface area is 103 Å². The Bertz CT molecular complexity index is 360. The molecular weight excluding hydrogens is 216 g/mol. The van der Waals surface area contributed by atoms with Crippen LogP contribution in [0.25, 0.3) is 0 Å². The number of hydrogen-bond acceptors (Lipinski definition) is 3. The van der Waals surface area contributed by atoms with Crippen LogP contribution in [0.5, 0.6) is 11.5 Å². The van der Waals surface area contributed by atoms with Gasteiger partial charge in [0, 0.05) is 5.92 Å². The molecule has 0 fully saturated rings. The van der Waals surface area contributed by atoms with Gasteiger partial charge in [0.25, 0.3) is 0 Å². The number of aldehydes is 1. The lowest BCUT2D eigenvalue weighted by Gasteiger charge is -2.13. The van der Waals surface area contributed by atoms with Gasteiger partial charge in [-0.05, 0) is 38.0 Å². The summed E-state index contributed by atoms with van der Waals surface area (Å²) >= 11 is 0. The summed E-state index contributed by atoms with van der Waals surface area (Å²) in [6, 6.07) is 5.84. The first-order valence-corrected chi connectivity index (χ1v) is 6.05. The standard InChI is InChI=1S/C14H20O3/c1-4-16-13-7-6-12(8-11(3)10-15)9-14(13)17-5-2/h6-7,9-11H,4-5,8H2,1-3H3. The molecule has 1 atom stereocenters. The maximum Gasteiger partial charge on any atom is 0.161 e. The third kappa shape index (κ3) is 4.10. The average molecular weight is 236 g/mol. The highest BCUT2D eigenvalue weighted by Crippen LogP contribution is 2.29. The molecule has 0 aliphatic heterocycles. The monoisotopic (exact) mass is 236 g/mol. The molecule has 0 saturated carbocycles. The molecule has 0 spiro atoms. The molecule has 3 nitrogen and oxygen atoms in total. The SMILES string of the molecule is CCOc1ccc(CC(C)C=O)cc1OCC. The van der Waals surface area contributed by atoms with Crippen molar-refractivity contribution in [3.8, 4) is 11.5 Å². The van der Waals surface area contributed by atoms with Crippen molar-refractivity contribution in [1.29, 1.82) is 0 Å². The molecule has 0 aromatic heterocycles. The number of hydrogen-bond donors (Lipinski definition) is 0. The van der Waals surface area contributed by atoms with Crippen LogP contribution in [0.15, 0.2) is 18.2 Å². The topological polar surface area (TPSA) is 35.5 Å². The zero-order valence-corrected chi connectivity index (χ0v) is 10.7. The Kier molecular flexibility index (Phi) is 5.53. The lowest BCUT2D eigenvalue weighted by molar-refractivity contribution is -0.110. The van der Waals surface area contributed by atoms with E-state index in [1.165, 1.54) is 0 Å². The Balaban J connectivity index is 2.87. The highest BCUT2D eigenvalue weighted by molar-refractivity contribution is 5.54. The molecule has 0 saturated heterocycles. The molecule has 17 heavy (non-hydrogen) atoms. The normalized spacial score (nSPS) is 11.9. The second kappa shape index (κ2) is 6.94. The largest absolute Gasteiger partial charge is 0.490 e. The second-order valence-corrected chi connectivity index (χ2v) is 3.96. The van der Waals surface area contributed by atoms with Crippen LogP contribution < -0.4 is 9.47 Å². The van der Waals surface area contributed by atoms with Gasteiger partial charge in [0.2, 0.25) is 0 Å². The van der Waals surface area contributed by atoms with Gasteiger partial charge in [-0.25, -0.2) is 0 Å². The molecule has 0 aliphatic carbocycles. The lowest BCUT2D eigenvalue weighted by atomic mass is 10.0. The molecule has 1 unspecified atom stereocenters. The lowest BCUT2D eigenvalue weighted by Crippen LogP contribution is -2.03. The summed E-state index contributed by atoms with van der Waals surface area (Å²) in [5.74, 6) is 1.55. The van der Waals surface area contributed by atoms with Crippen LogP contribution in [0.2, 0.25) is 0 Å². The Hall–Kier alpha value is -1.51. The van der Waals surface area contributed by atoms with Gasteiger partial charge < -0.3 is 14.3 Å². The number of rotatable bonds is 7. The Morgan fingerprint density at radius 3 is 2.41 bits per heavy atom. The molecular formula is C14H20O3. The number of carbonyl (C=O) groups is 1. The predicted octanol–water partition coefficient (Wildman–Crippen LogP) is 2.86. The van der Waals surface area contributed by atoms with Crippen LogP contribution in [0.3, 0.4) is 0 Å². The van der Waals surface area contributed by atoms with Gasteiger partial charge in [-0.1, -0.05) is 13.0 Å². The maximum absolute atomic E-state index is 10.6. The molecule has 1 aromatic rings. The van der Waals surface area contributed by atoms with Crippen molar-refractivity contribution in [3.05, 3.63) is 23.8 Å². The van der Waals surface area contributed by atoms with E-state index < -0.39 is 0 Å². The maximum atomic E-state index is 10.6. The van der Waals surface area contributed by atoms with Gasteiger partial charge in [-0.3, -0.25) is 0 Å². The average Bonchev–Trinajstić information content (AvgIpc) is 2.33. The van der Waals surface area contributed by atoms with Gasteiger partial charge in [-0.2, -0.15) is 0 Å². The van der Waals surface area contributed by atoms with E-state index in [9.17, 15) is 4.79 Å². The third-order valence-electron chi connectivity index (χ3n) is 2.40. The number of ether oxygens (including phenoxy) is 2. The minimum atomic E-state index is 0.0300. The summed E-state index contributed by atoms with van der Waals surface area (Å²) in [7, 11) is 0. The quantitative estimate of drug-likeness (QED) is 0.683. The molecule has 94 valence electrons. The van der Waals surface area contributed by atoms with E-state index in [0.717, 1.165) is 29.8 Å². The minimum absolute atomic E-state index is 0.0300. The third-order valence-corrected chi connectivity index (χ3v) is 2.40. The van der Waals surface area contributed by atoms with Crippen molar-refractivity contribution in [1.82, 2.24) is 0 Å². The van der Waals surface area contributed by atoms with E-state index in [4.69, 9.17) is 9.47 Å². The summed E-state index contributed by atoms with van der Waals surface area (Å²) < 4.78 is 11.0. The fourth-order valence-corrected chi connectivity index (χ4v) is 1.64. The van der Waals surface area contributed by atoms with Crippen LogP contribution in [-0.2, 0) is 11.2 Å². The number of carbonyl (C=O) groups excluding carboxylic acids is 1. The van der Waals surface area contributed by atoms with E-state index >= 15 is 0 Å². The predicted molar refractivity (Wildman–Crippen MR) is 67.7 cm³/mol. The highest BCUT2D eigenvalue weighted by Gasteiger charge is 2.08. The van der Waals surface area contributed by atoms with Crippen molar-refractivity contribution in [3.63, 3.8) is 0 Å². The summed E-state index contributed by atoms with van der Waals surface area (Å²) in [5.41, 5.74) is 1.09. The fraction of sp³-hybridized carbons (Fsp3) is 0.500. The first-order chi connectivity index (χ1) is 8.21. The van der Waals surface area contributed by atoms with E-state index in [1.54, 1.807) is 0 Å². The van der Waals surface area contributed by atoms with Crippen LogP contribution in [0.1, 0.15) is 26.3 Å². The van der Waals surface area contributed by atoms with Gasteiger partial charge in [0.15, 0.2) is 11.5 Å². The Morgan fingerprint density at radius 2 is 1.82 bits per heavy atom. The molecule has 0 aliphatic rings.